The van der Waals surface area contributed by atoms with Crippen molar-refractivity contribution in [3.05, 3.63) is 0 Å². The normalized spacial score (nSPS) is 31.8. The molecule has 0 amide bonds. The zero-order valence-corrected chi connectivity index (χ0v) is 8.23. The third-order valence-corrected chi connectivity index (χ3v) is 3.41. The summed E-state index contributed by atoms with van der Waals surface area (Å²) in [4.78, 5) is 10.5. The quantitative estimate of drug-likeness (QED) is 0.694. The molecule has 1 saturated heterocycles. The Morgan fingerprint density at radius 3 is 2.83 bits per heavy atom. The second kappa shape index (κ2) is 4.14. The first kappa shape index (κ1) is 9.86. The van der Waals surface area contributed by atoms with Gasteiger partial charge in [-0.25, -0.2) is 0 Å². The Morgan fingerprint density at radius 2 is 2.42 bits per heavy atom. The molecule has 3 atom stereocenters. The van der Waals surface area contributed by atoms with E-state index in [0.29, 0.717) is 11.3 Å². The molecule has 2 unspecified atom stereocenters. The zero-order chi connectivity index (χ0) is 9.14. The number of nitrogens with one attached hydrogen (secondary N) is 1. The second-order valence-corrected chi connectivity index (χ2v) is 4.77. The first-order valence-electron chi connectivity index (χ1n) is 4.20. The van der Waals surface area contributed by atoms with Crippen LogP contribution in [0.4, 0.5) is 0 Å². The van der Waals surface area contributed by atoms with Gasteiger partial charge in [0.2, 0.25) is 0 Å². The number of carboxylic acid groups (broad SMARTS) is 1. The van der Waals surface area contributed by atoms with Crippen molar-refractivity contribution in [2.24, 2.45) is 0 Å². The van der Waals surface area contributed by atoms with Crippen molar-refractivity contribution in [2.75, 3.05) is 5.75 Å². The maximum atomic E-state index is 10.5. The molecule has 12 heavy (non-hydrogen) atoms. The minimum Gasteiger partial charge on any atom is -0.480 e. The van der Waals surface area contributed by atoms with Crippen molar-refractivity contribution in [3.63, 3.8) is 0 Å². The zero-order valence-electron chi connectivity index (χ0n) is 7.41. The van der Waals surface area contributed by atoms with Crippen LogP contribution in [0, 0.1) is 0 Å². The van der Waals surface area contributed by atoms with E-state index in [1.165, 1.54) is 0 Å². The van der Waals surface area contributed by atoms with Gasteiger partial charge in [0.05, 0.1) is 0 Å². The fourth-order valence-electron chi connectivity index (χ4n) is 1.36. The molecule has 1 rings (SSSR count). The van der Waals surface area contributed by atoms with Crippen LogP contribution < -0.4 is 5.32 Å². The highest BCUT2D eigenvalue weighted by molar-refractivity contribution is 8.00. The van der Waals surface area contributed by atoms with E-state index in [2.05, 4.69) is 12.2 Å². The van der Waals surface area contributed by atoms with Crippen LogP contribution in [-0.2, 0) is 4.79 Å². The van der Waals surface area contributed by atoms with Crippen molar-refractivity contribution in [3.8, 4) is 0 Å². The SMILES string of the molecule is CC1CC(N[C@H](C)C(=O)O)CS1. The Labute approximate surface area is 76.9 Å². The molecule has 0 spiro atoms. The Bertz CT molecular complexity index is 174. The first-order valence-corrected chi connectivity index (χ1v) is 5.25. The molecular formula is C8H15NO2S. The Morgan fingerprint density at radius 1 is 1.75 bits per heavy atom. The van der Waals surface area contributed by atoms with Gasteiger partial charge < -0.3 is 10.4 Å². The van der Waals surface area contributed by atoms with Crippen LogP contribution in [0.2, 0.25) is 0 Å². The monoisotopic (exact) mass is 189 g/mol. The fraction of sp³-hybridized carbons (Fsp3) is 0.875. The van der Waals surface area contributed by atoms with Gasteiger partial charge in [-0.1, -0.05) is 6.92 Å². The molecule has 0 aliphatic carbocycles. The van der Waals surface area contributed by atoms with Crippen LogP contribution >= 0.6 is 11.8 Å². The van der Waals surface area contributed by atoms with Gasteiger partial charge in [0.15, 0.2) is 0 Å². The highest BCUT2D eigenvalue weighted by Crippen LogP contribution is 2.25. The van der Waals surface area contributed by atoms with Crippen LogP contribution in [-0.4, -0.2) is 34.2 Å². The topological polar surface area (TPSA) is 49.3 Å². The third-order valence-electron chi connectivity index (χ3n) is 2.05. The largest absolute Gasteiger partial charge is 0.480 e. The van der Waals surface area contributed by atoms with Crippen molar-refractivity contribution < 1.29 is 9.90 Å². The predicted octanol–water partition coefficient (Wildman–Crippen LogP) is 0.943. The van der Waals surface area contributed by atoms with Crippen LogP contribution in [0.1, 0.15) is 20.3 Å². The van der Waals surface area contributed by atoms with E-state index in [1.807, 2.05) is 11.8 Å². The lowest BCUT2D eigenvalue weighted by Crippen LogP contribution is -2.41. The van der Waals surface area contributed by atoms with Crippen LogP contribution in [0.15, 0.2) is 0 Å². The van der Waals surface area contributed by atoms with E-state index in [0.717, 1.165) is 12.2 Å². The van der Waals surface area contributed by atoms with Crippen molar-refractivity contribution in [1.29, 1.82) is 0 Å². The van der Waals surface area contributed by atoms with Gasteiger partial charge >= 0.3 is 5.97 Å². The summed E-state index contributed by atoms with van der Waals surface area (Å²) >= 11 is 1.90. The smallest absolute Gasteiger partial charge is 0.320 e. The number of rotatable bonds is 3. The molecule has 0 aromatic rings. The molecular weight excluding hydrogens is 174 g/mol. The number of thioether (sulfide) groups is 1. The molecule has 2 N–H and O–H groups in total. The van der Waals surface area contributed by atoms with Crippen LogP contribution in [0.5, 0.6) is 0 Å². The van der Waals surface area contributed by atoms with E-state index in [9.17, 15) is 4.79 Å². The third kappa shape index (κ3) is 2.68. The minimum atomic E-state index is -0.764. The van der Waals surface area contributed by atoms with Gasteiger partial charge in [-0.2, -0.15) is 11.8 Å². The van der Waals surface area contributed by atoms with Crippen LogP contribution in [0.3, 0.4) is 0 Å². The highest BCUT2D eigenvalue weighted by atomic mass is 32.2. The molecule has 0 aromatic carbocycles. The van der Waals surface area contributed by atoms with Gasteiger partial charge in [0.25, 0.3) is 0 Å². The fourth-order valence-corrected chi connectivity index (χ4v) is 2.52. The molecule has 1 heterocycles. The van der Waals surface area contributed by atoms with E-state index >= 15 is 0 Å². The van der Waals surface area contributed by atoms with E-state index < -0.39 is 12.0 Å². The summed E-state index contributed by atoms with van der Waals surface area (Å²) < 4.78 is 0. The number of hydrogen-bond acceptors (Lipinski definition) is 3. The Kier molecular flexibility index (Phi) is 3.40. The average Bonchev–Trinajstić information content (AvgIpc) is 2.35. The van der Waals surface area contributed by atoms with Gasteiger partial charge in [0.1, 0.15) is 6.04 Å². The summed E-state index contributed by atoms with van der Waals surface area (Å²) in [5.41, 5.74) is 0. The average molecular weight is 189 g/mol. The molecule has 0 saturated carbocycles. The summed E-state index contributed by atoms with van der Waals surface area (Å²) in [7, 11) is 0. The molecule has 4 heteroatoms. The standard InChI is InChI=1S/C8H15NO2S/c1-5-3-7(4-12-5)9-6(2)8(10)11/h5-7,9H,3-4H2,1-2H3,(H,10,11)/t5?,6-,7?/m1/s1. The molecule has 1 aliphatic rings. The van der Waals surface area contributed by atoms with Crippen molar-refractivity contribution in [2.45, 2.75) is 37.6 Å². The lowest BCUT2D eigenvalue weighted by molar-refractivity contribution is -0.139. The molecule has 1 aliphatic heterocycles. The summed E-state index contributed by atoms with van der Waals surface area (Å²) in [5, 5.41) is 12.4. The lowest BCUT2D eigenvalue weighted by atomic mass is 10.2. The summed E-state index contributed by atoms with van der Waals surface area (Å²) in [6.07, 6.45) is 1.09. The summed E-state index contributed by atoms with van der Waals surface area (Å²) in [6.45, 7) is 3.87. The van der Waals surface area contributed by atoms with Gasteiger partial charge in [0, 0.05) is 17.0 Å². The van der Waals surface area contributed by atoms with Gasteiger partial charge in [-0.15, -0.1) is 0 Å². The van der Waals surface area contributed by atoms with Crippen molar-refractivity contribution >= 4 is 17.7 Å². The molecule has 3 nitrogen and oxygen atoms in total. The lowest BCUT2D eigenvalue weighted by Gasteiger charge is -2.14. The highest BCUT2D eigenvalue weighted by Gasteiger charge is 2.24. The molecule has 70 valence electrons. The maximum Gasteiger partial charge on any atom is 0.320 e. The number of carboxylic acids is 1. The van der Waals surface area contributed by atoms with E-state index in [1.54, 1.807) is 6.92 Å². The Balaban J connectivity index is 2.27. The van der Waals surface area contributed by atoms with Gasteiger partial charge in [-0.3, -0.25) is 4.79 Å². The summed E-state index contributed by atoms with van der Waals surface area (Å²) in [5.74, 6) is 0.276. The number of aliphatic carboxylic acids is 1. The van der Waals surface area contributed by atoms with E-state index in [4.69, 9.17) is 5.11 Å². The number of hydrogen-bond donors (Lipinski definition) is 2. The van der Waals surface area contributed by atoms with Crippen LogP contribution in [0.25, 0.3) is 0 Å². The number of carbonyl (C=O) groups is 1. The first-order chi connectivity index (χ1) is 5.59. The van der Waals surface area contributed by atoms with E-state index in [-0.39, 0.29) is 0 Å². The van der Waals surface area contributed by atoms with Crippen molar-refractivity contribution in [1.82, 2.24) is 5.32 Å². The minimum absolute atomic E-state index is 0.385. The Hall–Kier alpha value is -0.220. The molecule has 0 radical (unpaired) electrons. The second-order valence-electron chi connectivity index (χ2n) is 3.30. The molecule has 1 fully saturated rings. The maximum absolute atomic E-state index is 10.5. The molecule has 0 aromatic heterocycles. The predicted molar refractivity (Wildman–Crippen MR) is 50.6 cm³/mol. The van der Waals surface area contributed by atoms with Gasteiger partial charge in [-0.05, 0) is 13.3 Å². The summed E-state index contributed by atoms with van der Waals surface area (Å²) in [6, 6.07) is -0.0306. The molecule has 0 bridgehead atoms.